The molecule has 34 heavy (non-hydrogen) atoms. The van der Waals surface area contributed by atoms with Crippen LogP contribution in [-0.2, 0) is 0 Å². The number of aromatic nitrogens is 2. The lowest BCUT2D eigenvalue weighted by Gasteiger charge is -2.27. The predicted octanol–water partition coefficient (Wildman–Crippen LogP) is 6.63. The van der Waals surface area contributed by atoms with E-state index in [4.69, 9.17) is 33.2 Å². The minimum atomic E-state index is -0.145. The number of rotatable bonds is 4. The van der Waals surface area contributed by atoms with Crippen molar-refractivity contribution in [3.8, 4) is 11.4 Å². The van der Waals surface area contributed by atoms with Crippen LogP contribution in [0, 0.1) is 6.92 Å². The Kier molecular flexibility index (Phi) is 7.59. The Morgan fingerprint density at radius 2 is 1.74 bits per heavy atom. The largest absolute Gasteiger partial charge is 0.354 e. The Hall–Kier alpha value is -2.83. The molecule has 1 aromatic heterocycles. The number of nitrogens with one attached hydrogen (secondary N) is 1. The third-order valence-electron chi connectivity index (χ3n) is 5.98. The van der Waals surface area contributed by atoms with Crippen LogP contribution in [0.2, 0.25) is 10.0 Å². The quantitative estimate of drug-likeness (QED) is 0.439. The molecule has 6 nitrogen and oxygen atoms in total. The van der Waals surface area contributed by atoms with Crippen molar-refractivity contribution >= 4 is 40.7 Å². The monoisotopic (exact) mass is 497 g/mol. The summed E-state index contributed by atoms with van der Waals surface area (Å²) in [4.78, 5) is 26.9. The standard InChI is InChI=1S/C26H29Cl2N5O/c1-17(2)23-18(3)29-24(19-8-5-4-6-9-19)31-25(23)32-12-7-13-33(15-14-32)26(34)30-20-10-11-21(27)22(28)16-20/h4-6,8-11,16-17H,7,12-15H2,1-3H3,(H,30,34). The molecule has 1 saturated heterocycles. The second-order valence-corrected chi connectivity index (χ2v) is 9.59. The van der Waals surface area contributed by atoms with Gasteiger partial charge in [0.25, 0.3) is 0 Å². The summed E-state index contributed by atoms with van der Waals surface area (Å²) < 4.78 is 0. The van der Waals surface area contributed by atoms with Crippen LogP contribution >= 0.6 is 23.2 Å². The number of carbonyl (C=O) groups is 1. The van der Waals surface area contributed by atoms with E-state index in [1.807, 2.05) is 35.2 Å². The number of carbonyl (C=O) groups excluding carboxylic acids is 1. The first-order valence-corrected chi connectivity index (χ1v) is 12.3. The zero-order valence-electron chi connectivity index (χ0n) is 19.7. The van der Waals surface area contributed by atoms with Gasteiger partial charge in [-0.3, -0.25) is 0 Å². The maximum absolute atomic E-state index is 12.9. The number of urea groups is 1. The number of hydrogen-bond acceptors (Lipinski definition) is 4. The van der Waals surface area contributed by atoms with Gasteiger partial charge in [0.05, 0.1) is 10.0 Å². The van der Waals surface area contributed by atoms with E-state index in [0.29, 0.717) is 35.4 Å². The van der Waals surface area contributed by atoms with Crippen molar-refractivity contribution in [3.63, 3.8) is 0 Å². The number of hydrogen-bond donors (Lipinski definition) is 1. The van der Waals surface area contributed by atoms with Crippen molar-refractivity contribution in [2.45, 2.75) is 33.1 Å². The molecule has 8 heteroatoms. The summed E-state index contributed by atoms with van der Waals surface area (Å²) in [6.07, 6.45) is 0.843. The van der Waals surface area contributed by atoms with Gasteiger partial charge in [0, 0.05) is 48.7 Å². The number of halogens is 2. The second kappa shape index (κ2) is 10.6. The molecule has 2 aromatic carbocycles. The molecule has 1 aliphatic heterocycles. The third kappa shape index (κ3) is 5.45. The van der Waals surface area contributed by atoms with Crippen LogP contribution in [0.25, 0.3) is 11.4 Å². The molecular formula is C26H29Cl2N5O. The zero-order valence-corrected chi connectivity index (χ0v) is 21.2. The Balaban J connectivity index is 1.54. The van der Waals surface area contributed by atoms with Crippen LogP contribution in [0.1, 0.15) is 37.4 Å². The van der Waals surface area contributed by atoms with E-state index in [1.54, 1.807) is 18.2 Å². The molecule has 0 spiro atoms. The molecule has 0 bridgehead atoms. The average molecular weight is 498 g/mol. The summed E-state index contributed by atoms with van der Waals surface area (Å²) in [6, 6.07) is 15.0. The van der Waals surface area contributed by atoms with Crippen LogP contribution < -0.4 is 10.2 Å². The number of amides is 2. The lowest BCUT2D eigenvalue weighted by Crippen LogP contribution is -2.38. The van der Waals surface area contributed by atoms with Crippen molar-refractivity contribution in [2.24, 2.45) is 0 Å². The van der Waals surface area contributed by atoms with Crippen LogP contribution in [0.3, 0.4) is 0 Å². The van der Waals surface area contributed by atoms with Gasteiger partial charge < -0.3 is 15.1 Å². The first-order chi connectivity index (χ1) is 16.3. The molecule has 178 valence electrons. The maximum Gasteiger partial charge on any atom is 0.321 e. The summed E-state index contributed by atoms with van der Waals surface area (Å²) in [5.74, 6) is 1.99. The van der Waals surface area contributed by atoms with E-state index in [1.165, 1.54) is 0 Å². The first-order valence-electron chi connectivity index (χ1n) is 11.5. The molecule has 1 fully saturated rings. The smallest absolute Gasteiger partial charge is 0.321 e. The molecule has 2 heterocycles. The maximum atomic E-state index is 12.9. The van der Waals surface area contributed by atoms with Gasteiger partial charge in [-0.05, 0) is 37.5 Å². The number of benzene rings is 2. The number of anilines is 2. The highest BCUT2D eigenvalue weighted by molar-refractivity contribution is 6.42. The topological polar surface area (TPSA) is 61.4 Å². The number of aryl methyl sites for hydroxylation is 1. The zero-order chi connectivity index (χ0) is 24.2. The normalized spacial score (nSPS) is 14.3. The molecule has 3 aromatic rings. The van der Waals surface area contributed by atoms with Gasteiger partial charge in [0.15, 0.2) is 5.82 Å². The average Bonchev–Trinajstić information content (AvgIpc) is 3.08. The van der Waals surface area contributed by atoms with E-state index in [-0.39, 0.29) is 11.9 Å². The molecule has 0 saturated carbocycles. The van der Waals surface area contributed by atoms with Gasteiger partial charge in [-0.15, -0.1) is 0 Å². The molecule has 1 N–H and O–H groups in total. The molecule has 0 radical (unpaired) electrons. The van der Waals surface area contributed by atoms with E-state index in [2.05, 4.69) is 31.0 Å². The third-order valence-corrected chi connectivity index (χ3v) is 6.72. The second-order valence-electron chi connectivity index (χ2n) is 8.78. The lowest BCUT2D eigenvalue weighted by molar-refractivity contribution is 0.215. The van der Waals surface area contributed by atoms with E-state index < -0.39 is 0 Å². The lowest BCUT2D eigenvalue weighted by atomic mass is 10.0. The van der Waals surface area contributed by atoms with Crippen LogP contribution in [0.5, 0.6) is 0 Å². The summed E-state index contributed by atoms with van der Waals surface area (Å²) in [7, 11) is 0. The Bertz CT molecular complexity index is 1170. The minimum Gasteiger partial charge on any atom is -0.354 e. The van der Waals surface area contributed by atoms with Gasteiger partial charge in [-0.25, -0.2) is 14.8 Å². The highest BCUT2D eigenvalue weighted by Crippen LogP contribution is 2.31. The Labute approximate surface area is 210 Å². The van der Waals surface area contributed by atoms with Crippen molar-refractivity contribution in [1.29, 1.82) is 0 Å². The van der Waals surface area contributed by atoms with E-state index in [0.717, 1.165) is 41.4 Å². The highest BCUT2D eigenvalue weighted by Gasteiger charge is 2.24. The van der Waals surface area contributed by atoms with Crippen molar-refractivity contribution < 1.29 is 4.79 Å². The van der Waals surface area contributed by atoms with Crippen molar-refractivity contribution in [1.82, 2.24) is 14.9 Å². The fourth-order valence-electron chi connectivity index (χ4n) is 4.31. The summed E-state index contributed by atoms with van der Waals surface area (Å²) in [6.45, 7) is 9.17. The summed E-state index contributed by atoms with van der Waals surface area (Å²) in [5, 5.41) is 3.80. The molecule has 1 aliphatic rings. The van der Waals surface area contributed by atoms with Crippen LogP contribution in [0.4, 0.5) is 16.3 Å². The fourth-order valence-corrected chi connectivity index (χ4v) is 4.61. The molecule has 0 atom stereocenters. The van der Waals surface area contributed by atoms with Gasteiger partial charge >= 0.3 is 6.03 Å². The van der Waals surface area contributed by atoms with Gasteiger partial charge in [-0.2, -0.15) is 0 Å². The minimum absolute atomic E-state index is 0.145. The predicted molar refractivity (Wildman–Crippen MR) is 140 cm³/mol. The molecule has 2 amide bonds. The van der Waals surface area contributed by atoms with Crippen LogP contribution in [-0.4, -0.2) is 47.1 Å². The molecule has 4 rings (SSSR count). The van der Waals surface area contributed by atoms with E-state index in [9.17, 15) is 4.79 Å². The Morgan fingerprint density at radius 3 is 2.44 bits per heavy atom. The van der Waals surface area contributed by atoms with Gasteiger partial charge in [0.2, 0.25) is 0 Å². The molecule has 0 unspecified atom stereocenters. The Morgan fingerprint density at radius 1 is 0.971 bits per heavy atom. The summed E-state index contributed by atoms with van der Waals surface area (Å²) >= 11 is 12.1. The molecule has 0 aliphatic carbocycles. The van der Waals surface area contributed by atoms with Gasteiger partial charge in [0.1, 0.15) is 5.82 Å². The summed E-state index contributed by atoms with van der Waals surface area (Å²) in [5.41, 5.74) is 3.78. The SMILES string of the molecule is Cc1nc(-c2ccccc2)nc(N2CCCN(C(=O)Nc3ccc(Cl)c(Cl)c3)CC2)c1C(C)C. The molecular weight excluding hydrogens is 469 g/mol. The fraction of sp³-hybridized carbons (Fsp3) is 0.346. The van der Waals surface area contributed by atoms with Gasteiger partial charge in [-0.1, -0.05) is 67.4 Å². The van der Waals surface area contributed by atoms with Crippen molar-refractivity contribution in [2.75, 3.05) is 36.4 Å². The first kappa shape index (κ1) is 24.3. The highest BCUT2D eigenvalue weighted by atomic mass is 35.5. The number of nitrogens with zero attached hydrogens (tertiary/aromatic N) is 4. The van der Waals surface area contributed by atoms with Crippen LogP contribution in [0.15, 0.2) is 48.5 Å². The van der Waals surface area contributed by atoms with E-state index >= 15 is 0 Å². The van der Waals surface area contributed by atoms with Crippen molar-refractivity contribution in [3.05, 3.63) is 69.8 Å².